The molecule has 0 nitrogen and oxygen atoms in total. The fourth-order valence-electron chi connectivity index (χ4n) is 18.7. The second-order valence-electron chi connectivity index (χ2n) is 13.5. The minimum Gasteiger partial charge on any atom is -0.0496 e. The van der Waals surface area contributed by atoms with Gasteiger partial charge < -0.3 is 0 Å². The Kier molecular flexibility index (Phi) is 0.664. The molecule has 5 spiro atoms. The topological polar surface area (TPSA) is 0 Å². The largest absolute Gasteiger partial charge is 0.0496 e. The summed E-state index contributed by atoms with van der Waals surface area (Å²) in [5.41, 5.74) is 5.46. The molecule has 12 atom stereocenters. The van der Waals surface area contributed by atoms with Gasteiger partial charge in [-0.05, 0) is 136 Å². The molecule has 13 fully saturated rings. The van der Waals surface area contributed by atoms with Crippen molar-refractivity contribution in [3.63, 3.8) is 0 Å². The van der Waals surface area contributed by atoms with Crippen molar-refractivity contribution in [2.45, 2.75) is 25.7 Å². The molecule has 12 unspecified atom stereocenters. The van der Waals surface area contributed by atoms with Crippen molar-refractivity contribution < 1.29 is 0 Å². The Balaban J connectivity index is 1.18. The zero-order valence-electron chi connectivity index (χ0n) is 13.4. The Morgan fingerprint density at radius 1 is 0.478 bits per heavy atom. The molecule has 0 aromatic carbocycles. The van der Waals surface area contributed by atoms with E-state index < -0.39 is 0 Å². The first kappa shape index (κ1) is 9.09. The van der Waals surface area contributed by atoms with Crippen molar-refractivity contribution in [3.8, 4) is 0 Å². The molecular formula is C23H22. The van der Waals surface area contributed by atoms with Gasteiger partial charge in [-0.3, -0.25) is 0 Å². The molecule has 13 aliphatic rings. The van der Waals surface area contributed by atoms with Crippen LogP contribution in [0.3, 0.4) is 0 Å². The molecule has 0 bridgehead atoms. The zero-order chi connectivity index (χ0) is 13.4. The van der Waals surface area contributed by atoms with E-state index in [4.69, 9.17) is 0 Å². The molecule has 13 rings (SSSR count). The van der Waals surface area contributed by atoms with Crippen LogP contribution in [-0.2, 0) is 0 Å². The van der Waals surface area contributed by atoms with E-state index in [0.29, 0.717) is 0 Å². The van der Waals surface area contributed by atoms with Crippen LogP contribution in [0.2, 0.25) is 0 Å². The molecule has 0 saturated heterocycles. The van der Waals surface area contributed by atoms with Crippen LogP contribution in [0.1, 0.15) is 25.7 Å². The highest BCUT2D eigenvalue weighted by Crippen LogP contribution is 3.29. The maximum Gasteiger partial charge on any atom is -0.00934 e. The SMILES string of the molecule is C1CC2C3C1C1C4C5C6C7CC8CC9C%10C%11C%12C2C31C4%12C5%11C6%10C879. The van der Waals surface area contributed by atoms with E-state index in [-0.39, 0.29) is 0 Å². The van der Waals surface area contributed by atoms with Crippen LogP contribution >= 0.6 is 0 Å². The molecular weight excluding hydrogens is 276 g/mol. The third-order valence-electron chi connectivity index (χ3n) is 16.5. The lowest BCUT2D eigenvalue weighted by atomic mass is 8.75. The van der Waals surface area contributed by atoms with E-state index >= 15 is 0 Å². The molecule has 0 N–H and O–H groups in total. The van der Waals surface area contributed by atoms with Crippen LogP contribution in [0.15, 0.2) is 0 Å². The molecule has 13 saturated carbocycles. The molecule has 0 aliphatic heterocycles. The van der Waals surface area contributed by atoms with Crippen LogP contribution in [0.4, 0.5) is 0 Å². The molecule has 13 aliphatic carbocycles. The standard InChI is InChI=1S/C23H22/c1-2-7-10-6(1)11-15-17-13-8-3-5-4-9-14-18-16-12(7)20(10,11)22(15,16)23(17,18)21(13,14)19(5,8)9/h5-18H,1-4H2. The summed E-state index contributed by atoms with van der Waals surface area (Å²) in [6, 6.07) is 0. The quantitative estimate of drug-likeness (QED) is 0.644. The van der Waals surface area contributed by atoms with Crippen LogP contribution in [0.5, 0.6) is 0 Å². The van der Waals surface area contributed by atoms with Gasteiger partial charge >= 0.3 is 0 Å². The molecule has 0 aromatic rings. The van der Waals surface area contributed by atoms with Crippen molar-refractivity contribution in [1.82, 2.24) is 0 Å². The highest BCUT2D eigenvalue weighted by molar-refractivity contribution is 5.72. The lowest BCUT2D eigenvalue weighted by Crippen LogP contribution is -3.26. The number of hydrogen-bond donors (Lipinski definition) is 0. The van der Waals surface area contributed by atoms with Gasteiger partial charge in [-0.2, -0.15) is 0 Å². The van der Waals surface area contributed by atoms with E-state index in [2.05, 4.69) is 0 Å². The average Bonchev–Trinajstić information content (AvgIpc) is 2.70. The summed E-state index contributed by atoms with van der Waals surface area (Å²) >= 11 is 0. The van der Waals surface area contributed by atoms with Gasteiger partial charge in [0.15, 0.2) is 0 Å². The Morgan fingerprint density at radius 2 is 1.04 bits per heavy atom. The Bertz CT molecular complexity index is 886. The third-order valence-corrected chi connectivity index (χ3v) is 16.5. The van der Waals surface area contributed by atoms with Crippen LogP contribution < -0.4 is 0 Å². The van der Waals surface area contributed by atoms with Crippen molar-refractivity contribution >= 4 is 0 Å². The third kappa shape index (κ3) is 0.308. The van der Waals surface area contributed by atoms with Gasteiger partial charge in [-0.1, -0.05) is 0 Å². The highest BCUT2D eigenvalue weighted by atomic mass is 15.3. The van der Waals surface area contributed by atoms with E-state index in [1.807, 2.05) is 0 Å². The van der Waals surface area contributed by atoms with E-state index in [1.165, 1.54) is 82.9 Å². The summed E-state index contributed by atoms with van der Waals surface area (Å²) in [6.07, 6.45) is 6.84. The maximum absolute atomic E-state index is 1.72. The summed E-state index contributed by atoms with van der Waals surface area (Å²) in [7, 11) is 0. The van der Waals surface area contributed by atoms with Gasteiger partial charge in [0, 0.05) is 0 Å². The van der Waals surface area contributed by atoms with Crippen molar-refractivity contribution in [2.24, 2.45) is 110 Å². The highest BCUT2D eigenvalue weighted by Gasteiger charge is 3.27. The van der Waals surface area contributed by atoms with E-state index in [1.54, 1.807) is 25.7 Å². The smallest absolute Gasteiger partial charge is 0.00934 e. The summed E-state index contributed by atoms with van der Waals surface area (Å²) in [5.74, 6) is 18.6. The minimum absolute atomic E-state index is 1.08. The first-order chi connectivity index (χ1) is 11.4. The molecule has 0 heteroatoms. The molecule has 0 radical (unpaired) electrons. The lowest BCUT2D eigenvalue weighted by Gasteiger charge is -3.28. The second kappa shape index (κ2) is 1.68. The van der Waals surface area contributed by atoms with Gasteiger partial charge in [-0.25, -0.2) is 0 Å². The summed E-state index contributed by atoms with van der Waals surface area (Å²) in [6.45, 7) is 0. The fourth-order valence-corrected chi connectivity index (χ4v) is 18.7. The molecule has 0 heterocycles. The Hall–Kier alpha value is 0. The Labute approximate surface area is 136 Å². The number of hydrogen-bond acceptors (Lipinski definition) is 0. The van der Waals surface area contributed by atoms with Gasteiger partial charge in [0.25, 0.3) is 0 Å². The first-order valence-electron chi connectivity index (χ1n) is 11.4. The van der Waals surface area contributed by atoms with Crippen molar-refractivity contribution in [3.05, 3.63) is 0 Å². The van der Waals surface area contributed by atoms with Gasteiger partial charge in [-0.15, -0.1) is 0 Å². The van der Waals surface area contributed by atoms with Crippen molar-refractivity contribution in [2.75, 3.05) is 0 Å². The monoisotopic (exact) mass is 298 g/mol. The van der Waals surface area contributed by atoms with Gasteiger partial charge in [0.05, 0.1) is 0 Å². The summed E-state index contributed by atoms with van der Waals surface area (Å²) in [4.78, 5) is 0. The molecule has 114 valence electrons. The number of rotatable bonds is 0. The molecule has 0 aromatic heterocycles. The van der Waals surface area contributed by atoms with Gasteiger partial charge in [0.1, 0.15) is 0 Å². The molecule has 23 heavy (non-hydrogen) atoms. The van der Waals surface area contributed by atoms with E-state index in [9.17, 15) is 0 Å². The normalized spacial score (nSPS) is 112. The van der Waals surface area contributed by atoms with Crippen LogP contribution in [-0.4, -0.2) is 0 Å². The van der Waals surface area contributed by atoms with E-state index in [0.717, 1.165) is 27.1 Å². The summed E-state index contributed by atoms with van der Waals surface area (Å²) < 4.78 is 0. The van der Waals surface area contributed by atoms with Crippen LogP contribution in [0, 0.1) is 110 Å². The second-order valence-corrected chi connectivity index (χ2v) is 13.5. The zero-order valence-corrected chi connectivity index (χ0v) is 13.4. The molecule has 0 amide bonds. The maximum atomic E-state index is 1.72. The van der Waals surface area contributed by atoms with Crippen molar-refractivity contribution in [1.29, 1.82) is 0 Å². The average molecular weight is 298 g/mol. The lowest BCUT2D eigenvalue weighted by molar-refractivity contribution is -0.830. The number of fused-ring (bicyclic) bond motifs is 10. The minimum atomic E-state index is 1.08. The predicted octanol–water partition coefficient (Wildman–Crippen LogP) is 3.28. The summed E-state index contributed by atoms with van der Waals surface area (Å²) in [5, 5.41) is 0. The fraction of sp³-hybridized carbons (Fsp3) is 1.00. The predicted molar refractivity (Wildman–Crippen MR) is 79.5 cm³/mol. The first-order valence-corrected chi connectivity index (χ1v) is 11.4. The van der Waals surface area contributed by atoms with Gasteiger partial charge in [0.2, 0.25) is 0 Å². The Morgan fingerprint density at radius 3 is 1.65 bits per heavy atom. The van der Waals surface area contributed by atoms with Crippen LogP contribution in [0.25, 0.3) is 0 Å².